The Kier molecular flexibility index (Phi) is 5.48. The number of fused-ring (bicyclic) bond motifs is 1. The van der Waals surface area contributed by atoms with Crippen molar-refractivity contribution >= 4 is 46.9 Å². The van der Waals surface area contributed by atoms with Gasteiger partial charge in [0.2, 0.25) is 0 Å². The molecule has 0 aliphatic carbocycles. The third-order valence-electron chi connectivity index (χ3n) is 5.21. The van der Waals surface area contributed by atoms with Crippen molar-refractivity contribution in [2.45, 2.75) is 13.1 Å². The van der Waals surface area contributed by atoms with Gasteiger partial charge in [0.25, 0.3) is 11.8 Å². The van der Waals surface area contributed by atoms with Gasteiger partial charge < -0.3 is 25.5 Å². The Labute approximate surface area is 181 Å². The van der Waals surface area contributed by atoms with Gasteiger partial charge >= 0.3 is 5.97 Å². The van der Waals surface area contributed by atoms with Gasteiger partial charge in [0.05, 0.1) is 24.4 Å². The van der Waals surface area contributed by atoms with Crippen LogP contribution in [0.3, 0.4) is 0 Å². The van der Waals surface area contributed by atoms with E-state index in [9.17, 15) is 19.5 Å². The van der Waals surface area contributed by atoms with Gasteiger partial charge in [-0.3, -0.25) is 14.5 Å². The van der Waals surface area contributed by atoms with Gasteiger partial charge in [0.15, 0.2) is 6.17 Å². The summed E-state index contributed by atoms with van der Waals surface area (Å²) in [6.45, 7) is 3.23. The molecule has 2 aliphatic heterocycles. The molecule has 12 heteroatoms. The Morgan fingerprint density at radius 3 is 2.71 bits per heavy atom. The summed E-state index contributed by atoms with van der Waals surface area (Å²) in [5.41, 5.74) is 6.92. The molecule has 4 rings (SSSR count). The third-order valence-corrected chi connectivity index (χ3v) is 5.50. The Balaban J connectivity index is 1.92. The number of ether oxygens (including phenoxy) is 1. The van der Waals surface area contributed by atoms with Crippen LogP contribution in [0, 0.1) is 6.92 Å². The second kappa shape index (κ2) is 8.10. The molecule has 1 unspecified atom stereocenters. The lowest BCUT2D eigenvalue weighted by Gasteiger charge is -2.34. The predicted molar refractivity (Wildman–Crippen MR) is 110 cm³/mol. The number of amides is 2. The van der Waals surface area contributed by atoms with E-state index in [1.165, 1.54) is 23.0 Å². The van der Waals surface area contributed by atoms with E-state index < -0.39 is 23.9 Å². The Bertz CT molecular complexity index is 1120. The molecular formula is C19H19ClN6O5. The number of nitrogens with two attached hydrogens (primary N) is 1. The zero-order chi connectivity index (χ0) is 22.3. The molecule has 0 aromatic carbocycles. The number of nitrogens with one attached hydrogen (secondary N) is 1. The fourth-order valence-electron chi connectivity index (χ4n) is 3.83. The number of hydrogen-bond acceptors (Lipinski definition) is 7. The zero-order valence-electron chi connectivity index (χ0n) is 16.5. The largest absolute Gasteiger partial charge is 0.477 e. The molecule has 2 aromatic heterocycles. The van der Waals surface area contributed by atoms with Crippen LogP contribution in [0.4, 0.5) is 5.82 Å². The number of carboxylic acids is 1. The average Bonchev–Trinajstić information content (AvgIpc) is 3.21. The number of halogens is 1. The van der Waals surface area contributed by atoms with E-state index in [4.69, 9.17) is 22.1 Å². The van der Waals surface area contributed by atoms with E-state index in [0.29, 0.717) is 43.1 Å². The van der Waals surface area contributed by atoms with E-state index in [2.05, 4.69) is 15.3 Å². The SMILES string of the molecule is Cc1cc(C(=O)O)n(C(C(N)=O)N2CCOCC2)c1C=C1C(=O)Nc2ncnc(Cl)c21. The average molecular weight is 447 g/mol. The number of anilines is 1. The molecule has 0 bridgehead atoms. The van der Waals surface area contributed by atoms with Crippen molar-refractivity contribution in [1.82, 2.24) is 19.4 Å². The van der Waals surface area contributed by atoms with Crippen LogP contribution in [0.25, 0.3) is 11.6 Å². The van der Waals surface area contributed by atoms with Crippen LogP contribution in [0.15, 0.2) is 12.4 Å². The van der Waals surface area contributed by atoms with E-state index in [-0.39, 0.29) is 22.2 Å². The molecule has 0 spiro atoms. The normalized spacial score (nSPS) is 18.6. The lowest BCUT2D eigenvalue weighted by atomic mass is 10.1. The second-order valence-electron chi connectivity index (χ2n) is 7.10. The van der Waals surface area contributed by atoms with Gasteiger partial charge in [-0.2, -0.15) is 0 Å². The molecule has 4 N–H and O–H groups in total. The van der Waals surface area contributed by atoms with Crippen molar-refractivity contribution < 1.29 is 24.2 Å². The summed E-state index contributed by atoms with van der Waals surface area (Å²) in [4.78, 5) is 46.8. The lowest BCUT2D eigenvalue weighted by Crippen LogP contribution is -2.47. The van der Waals surface area contributed by atoms with Gasteiger partial charge in [-0.15, -0.1) is 0 Å². The van der Waals surface area contributed by atoms with Crippen LogP contribution < -0.4 is 11.1 Å². The molecule has 2 aliphatic rings. The fourth-order valence-corrected chi connectivity index (χ4v) is 4.07. The van der Waals surface area contributed by atoms with E-state index in [1.807, 2.05) is 0 Å². The van der Waals surface area contributed by atoms with E-state index in [1.54, 1.807) is 11.8 Å². The first-order valence-corrected chi connectivity index (χ1v) is 9.77. The van der Waals surface area contributed by atoms with Crippen molar-refractivity contribution in [2.24, 2.45) is 5.73 Å². The summed E-state index contributed by atoms with van der Waals surface area (Å²) >= 11 is 6.18. The molecule has 31 heavy (non-hydrogen) atoms. The lowest BCUT2D eigenvalue weighted by molar-refractivity contribution is -0.129. The minimum absolute atomic E-state index is 0.0726. The van der Waals surface area contributed by atoms with Crippen molar-refractivity contribution in [3.05, 3.63) is 40.1 Å². The first kappa shape index (κ1) is 21.0. The highest BCUT2D eigenvalue weighted by atomic mass is 35.5. The summed E-state index contributed by atoms with van der Waals surface area (Å²) in [7, 11) is 0. The fraction of sp³-hybridized carbons (Fsp3) is 0.316. The number of aryl methyl sites for hydroxylation is 1. The van der Waals surface area contributed by atoms with Gasteiger partial charge in [0.1, 0.15) is 23.0 Å². The first-order chi connectivity index (χ1) is 14.8. The number of rotatable bonds is 5. The number of aromatic nitrogens is 3. The second-order valence-corrected chi connectivity index (χ2v) is 7.46. The van der Waals surface area contributed by atoms with Gasteiger partial charge in [-0.25, -0.2) is 14.8 Å². The van der Waals surface area contributed by atoms with Gasteiger partial charge in [-0.05, 0) is 24.6 Å². The highest BCUT2D eigenvalue weighted by molar-refractivity contribution is 6.40. The highest BCUT2D eigenvalue weighted by Gasteiger charge is 2.34. The number of carbonyl (C=O) groups excluding carboxylic acids is 2. The van der Waals surface area contributed by atoms with Crippen molar-refractivity contribution in [3.8, 4) is 0 Å². The number of hydrogen-bond donors (Lipinski definition) is 3. The minimum Gasteiger partial charge on any atom is -0.477 e. The summed E-state index contributed by atoms with van der Waals surface area (Å²) in [6.07, 6.45) is 1.62. The molecule has 1 saturated heterocycles. The third kappa shape index (κ3) is 3.67. The number of morpholine rings is 1. The van der Waals surface area contributed by atoms with Crippen LogP contribution in [0.2, 0.25) is 5.15 Å². The number of primary amides is 1. The van der Waals surface area contributed by atoms with E-state index >= 15 is 0 Å². The molecule has 162 valence electrons. The molecule has 1 fully saturated rings. The van der Waals surface area contributed by atoms with Crippen LogP contribution in [-0.2, 0) is 14.3 Å². The molecule has 1 atom stereocenters. The maximum atomic E-state index is 12.6. The number of aromatic carboxylic acids is 1. The standard InChI is InChI=1S/C19H19ClN6O5/c1-9-6-12(19(29)30)26(18(15(21)27)25-2-4-31-5-3-25)11(9)7-10-13-14(20)22-8-23-16(13)24-17(10)28/h6-8,18H,2-5H2,1H3,(H2,21,27)(H,29,30)(H,22,23,24,28). The molecule has 0 radical (unpaired) electrons. The summed E-state index contributed by atoms with van der Waals surface area (Å²) < 4.78 is 6.67. The van der Waals surface area contributed by atoms with Crippen LogP contribution in [0.5, 0.6) is 0 Å². The summed E-state index contributed by atoms with van der Waals surface area (Å²) in [6, 6.07) is 1.43. The molecular weight excluding hydrogens is 428 g/mol. The number of carbonyl (C=O) groups is 3. The van der Waals surface area contributed by atoms with Crippen molar-refractivity contribution in [1.29, 1.82) is 0 Å². The Morgan fingerprint density at radius 1 is 1.35 bits per heavy atom. The maximum absolute atomic E-state index is 12.6. The van der Waals surface area contributed by atoms with Crippen LogP contribution >= 0.6 is 11.6 Å². The Hall–Kier alpha value is -3.28. The Morgan fingerprint density at radius 2 is 2.06 bits per heavy atom. The van der Waals surface area contributed by atoms with Crippen LogP contribution in [0.1, 0.15) is 33.5 Å². The molecule has 2 aromatic rings. The van der Waals surface area contributed by atoms with Crippen LogP contribution in [-0.4, -0.2) is 68.6 Å². The zero-order valence-corrected chi connectivity index (χ0v) is 17.2. The summed E-state index contributed by atoms with van der Waals surface area (Å²) in [5, 5.41) is 12.5. The van der Waals surface area contributed by atoms with Crippen molar-refractivity contribution in [3.63, 3.8) is 0 Å². The number of nitrogens with zero attached hydrogens (tertiary/aromatic N) is 4. The van der Waals surface area contributed by atoms with E-state index in [0.717, 1.165) is 0 Å². The summed E-state index contributed by atoms with van der Waals surface area (Å²) in [5.74, 6) is -2.17. The first-order valence-electron chi connectivity index (χ1n) is 9.39. The van der Waals surface area contributed by atoms with Gasteiger partial charge in [0, 0.05) is 18.8 Å². The maximum Gasteiger partial charge on any atom is 0.352 e. The minimum atomic E-state index is -1.23. The number of carboxylic acid groups (broad SMARTS) is 1. The highest BCUT2D eigenvalue weighted by Crippen LogP contribution is 2.37. The van der Waals surface area contributed by atoms with Crippen molar-refractivity contribution in [2.75, 3.05) is 31.6 Å². The topological polar surface area (TPSA) is 153 Å². The molecule has 2 amide bonds. The predicted octanol–water partition coefficient (Wildman–Crippen LogP) is 0.747. The molecule has 11 nitrogen and oxygen atoms in total. The van der Waals surface area contributed by atoms with Gasteiger partial charge in [-0.1, -0.05) is 11.6 Å². The smallest absolute Gasteiger partial charge is 0.352 e. The molecule has 0 saturated carbocycles. The molecule has 4 heterocycles. The quantitative estimate of drug-likeness (QED) is 0.449. The monoisotopic (exact) mass is 446 g/mol.